The van der Waals surface area contributed by atoms with Gasteiger partial charge in [0.1, 0.15) is 18.5 Å². The number of hydrogen-bond donors (Lipinski definition) is 1. The van der Waals surface area contributed by atoms with E-state index in [9.17, 15) is 14.7 Å². The molecule has 0 saturated carbocycles. The number of aromatic nitrogens is 4. The fourth-order valence-electron chi connectivity index (χ4n) is 3.06. The van der Waals surface area contributed by atoms with Crippen molar-refractivity contribution in [1.82, 2.24) is 18.7 Å². The Morgan fingerprint density at radius 2 is 1.75 bits per heavy atom. The Bertz CT molecular complexity index is 1100. The van der Waals surface area contributed by atoms with Crippen molar-refractivity contribution < 1.29 is 9.84 Å². The Balaban J connectivity index is 1.73. The molecule has 8 heteroatoms. The molecular weight excluding hydrogens is 360 g/mol. The van der Waals surface area contributed by atoms with E-state index in [0.29, 0.717) is 11.4 Å². The fourth-order valence-corrected chi connectivity index (χ4v) is 3.06. The first kappa shape index (κ1) is 19.9. The number of rotatable bonds is 5. The van der Waals surface area contributed by atoms with E-state index in [0.717, 1.165) is 4.57 Å². The van der Waals surface area contributed by atoms with Gasteiger partial charge in [0, 0.05) is 14.1 Å². The maximum Gasteiger partial charge on any atom is 0.332 e. The molecule has 0 radical (unpaired) electrons. The molecule has 1 aromatic carbocycles. The Morgan fingerprint density at radius 3 is 2.36 bits per heavy atom. The number of ether oxygens (including phenoxy) is 1. The van der Waals surface area contributed by atoms with Crippen molar-refractivity contribution in [3.63, 3.8) is 0 Å². The van der Waals surface area contributed by atoms with Gasteiger partial charge < -0.3 is 14.4 Å². The lowest BCUT2D eigenvalue weighted by Gasteiger charge is -2.19. The summed E-state index contributed by atoms with van der Waals surface area (Å²) in [5.74, 6) is 0.667. The van der Waals surface area contributed by atoms with E-state index in [1.165, 1.54) is 23.5 Å². The first-order valence-corrected chi connectivity index (χ1v) is 9.12. The summed E-state index contributed by atoms with van der Waals surface area (Å²) >= 11 is 0. The second-order valence-corrected chi connectivity index (χ2v) is 8.01. The zero-order chi connectivity index (χ0) is 20.6. The topological polar surface area (TPSA) is 91.3 Å². The monoisotopic (exact) mass is 386 g/mol. The Hall–Kier alpha value is -2.87. The molecule has 0 fully saturated rings. The van der Waals surface area contributed by atoms with Gasteiger partial charge in [-0.3, -0.25) is 13.9 Å². The molecule has 1 atom stereocenters. The fraction of sp³-hybridized carbons (Fsp3) is 0.450. The minimum atomic E-state index is -0.846. The molecule has 1 N–H and O–H groups in total. The lowest BCUT2D eigenvalue weighted by Crippen LogP contribution is -2.38. The number of nitrogens with zero attached hydrogens (tertiary/aromatic N) is 4. The Labute approximate surface area is 162 Å². The molecule has 3 rings (SSSR count). The van der Waals surface area contributed by atoms with Crippen LogP contribution in [-0.2, 0) is 26.1 Å². The number of aryl methyl sites for hydroxylation is 1. The van der Waals surface area contributed by atoms with Crippen LogP contribution in [0.3, 0.4) is 0 Å². The highest BCUT2D eigenvalue weighted by atomic mass is 16.5. The standard InChI is InChI=1S/C20H26N4O4/c1-20(2,3)13-6-8-15(9-7-13)28-11-14(25)10-24-12-21-17-16(24)18(26)23(5)19(27)22(17)4/h6-9,12,14,25H,10-11H2,1-5H3/t14-/m0/s1. The second kappa shape index (κ2) is 7.27. The molecule has 0 aliphatic heterocycles. The third-order valence-electron chi connectivity index (χ3n) is 4.79. The van der Waals surface area contributed by atoms with Crippen LogP contribution < -0.4 is 16.0 Å². The Kier molecular flexibility index (Phi) is 5.16. The molecule has 150 valence electrons. The van der Waals surface area contributed by atoms with Gasteiger partial charge in [-0.15, -0.1) is 0 Å². The number of hydrogen-bond acceptors (Lipinski definition) is 5. The van der Waals surface area contributed by atoms with Crippen LogP contribution >= 0.6 is 0 Å². The molecule has 0 unspecified atom stereocenters. The number of benzene rings is 1. The summed E-state index contributed by atoms with van der Waals surface area (Å²) in [4.78, 5) is 28.6. The van der Waals surface area contributed by atoms with Crippen molar-refractivity contribution in [3.8, 4) is 5.75 Å². The van der Waals surface area contributed by atoms with Crippen LogP contribution in [0, 0.1) is 0 Å². The molecule has 0 amide bonds. The van der Waals surface area contributed by atoms with Crippen LogP contribution in [0.1, 0.15) is 26.3 Å². The summed E-state index contributed by atoms with van der Waals surface area (Å²) in [7, 11) is 2.98. The van der Waals surface area contributed by atoms with E-state index in [1.54, 1.807) is 11.6 Å². The third kappa shape index (κ3) is 3.73. The van der Waals surface area contributed by atoms with E-state index < -0.39 is 17.4 Å². The molecule has 0 aliphatic carbocycles. The number of imidazole rings is 1. The molecule has 2 heterocycles. The van der Waals surface area contributed by atoms with Crippen molar-refractivity contribution in [2.45, 2.75) is 38.8 Å². The van der Waals surface area contributed by atoms with Crippen LogP contribution in [0.4, 0.5) is 0 Å². The molecule has 3 aromatic rings. The van der Waals surface area contributed by atoms with Gasteiger partial charge in [-0.25, -0.2) is 9.78 Å². The molecule has 0 spiro atoms. The maximum absolute atomic E-state index is 12.4. The van der Waals surface area contributed by atoms with Crippen molar-refractivity contribution in [1.29, 1.82) is 0 Å². The molecular formula is C20H26N4O4. The molecule has 8 nitrogen and oxygen atoms in total. The van der Waals surface area contributed by atoms with E-state index in [-0.39, 0.29) is 24.1 Å². The van der Waals surface area contributed by atoms with Crippen LogP contribution in [0.25, 0.3) is 11.2 Å². The third-order valence-corrected chi connectivity index (χ3v) is 4.79. The highest BCUT2D eigenvalue weighted by molar-refractivity contribution is 5.69. The van der Waals surface area contributed by atoms with Gasteiger partial charge in [-0.1, -0.05) is 32.9 Å². The largest absolute Gasteiger partial charge is 0.491 e. The van der Waals surface area contributed by atoms with Crippen LogP contribution in [-0.4, -0.2) is 36.5 Å². The van der Waals surface area contributed by atoms with Crippen LogP contribution in [0.15, 0.2) is 40.2 Å². The first-order chi connectivity index (χ1) is 13.1. The maximum atomic E-state index is 12.4. The van der Waals surface area contributed by atoms with Crippen molar-refractivity contribution in [2.24, 2.45) is 14.1 Å². The first-order valence-electron chi connectivity index (χ1n) is 9.12. The molecule has 28 heavy (non-hydrogen) atoms. The number of aliphatic hydroxyl groups is 1. The predicted molar refractivity (Wildman–Crippen MR) is 107 cm³/mol. The lowest BCUT2D eigenvalue weighted by atomic mass is 9.87. The summed E-state index contributed by atoms with van der Waals surface area (Å²) in [6, 6.07) is 7.78. The van der Waals surface area contributed by atoms with Crippen molar-refractivity contribution >= 4 is 11.2 Å². The molecule has 2 aromatic heterocycles. The van der Waals surface area contributed by atoms with Crippen LogP contribution in [0.5, 0.6) is 5.75 Å². The van der Waals surface area contributed by atoms with E-state index >= 15 is 0 Å². The minimum Gasteiger partial charge on any atom is -0.491 e. The zero-order valence-corrected chi connectivity index (χ0v) is 16.8. The number of fused-ring (bicyclic) bond motifs is 1. The second-order valence-electron chi connectivity index (χ2n) is 8.01. The van der Waals surface area contributed by atoms with Gasteiger partial charge in [0.15, 0.2) is 11.2 Å². The summed E-state index contributed by atoms with van der Waals surface area (Å²) in [5, 5.41) is 10.4. The van der Waals surface area contributed by atoms with E-state index in [2.05, 4.69) is 25.8 Å². The minimum absolute atomic E-state index is 0.0623. The van der Waals surface area contributed by atoms with Crippen molar-refractivity contribution in [3.05, 3.63) is 57.0 Å². The predicted octanol–water partition coefficient (Wildman–Crippen LogP) is 1.17. The average molecular weight is 386 g/mol. The van der Waals surface area contributed by atoms with Gasteiger partial charge in [0.05, 0.1) is 12.9 Å². The lowest BCUT2D eigenvalue weighted by molar-refractivity contribution is 0.0933. The SMILES string of the molecule is Cn1c(=O)c2c(ncn2C[C@H](O)COc2ccc(C(C)(C)C)cc2)n(C)c1=O. The average Bonchev–Trinajstić information content (AvgIpc) is 3.06. The van der Waals surface area contributed by atoms with E-state index in [4.69, 9.17) is 4.74 Å². The summed E-state index contributed by atoms with van der Waals surface area (Å²) in [6.45, 7) is 6.62. The summed E-state index contributed by atoms with van der Waals surface area (Å²) in [6.07, 6.45) is 0.606. The highest BCUT2D eigenvalue weighted by Gasteiger charge is 2.17. The van der Waals surface area contributed by atoms with Gasteiger partial charge >= 0.3 is 5.69 Å². The number of aliphatic hydroxyl groups excluding tert-OH is 1. The van der Waals surface area contributed by atoms with Crippen molar-refractivity contribution in [2.75, 3.05) is 6.61 Å². The van der Waals surface area contributed by atoms with Crippen LogP contribution in [0.2, 0.25) is 0 Å². The van der Waals surface area contributed by atoms with Gasteiger partial charge in [0.25, 0.3) is 5.56 Å². The normalized spacial score (nSPS) is 13.1. The van der Waals surface area contributed by atoms with Gasteiger partial charge in [-0.05, 0) is 23.1 Å². The molecule has 0 aliphatic rings. The zero-order valence-electron chi connectivity index (χ0n) is 16.8. The smallest absolute Gasteiger partial charge is 0.332 e. The summed E-state index contributed by atoms with van der Waals surface area (Å²) in [5.41, 5.74) is 0.947. The highest BCUT2D eigenvalue weighted by Crippen LogP contribution is 2.24. The Morgan fingerprint density at radius 1 is 1.11 bits per heavy atom. The quantitative estimate of drug-likeness (QED) is 0.711. The summed E-state index contributed by atoms with van der Waals surface area (Å²) < 4.78 is 9.56. The van der Waals surface area contributed by atoms with Gasteiger partial charge in [0.2, 0.25) is 0 Å². The van der Waals surface area contributed by atoms with E-state index in [1.807, 2.05) is 24.3 Å². The molecule has 0 saturated heterocycles. The molecule has 0 bridgehead atoms. The van der Waals surface area contributed by atoms with Gasteiger partial charge in [-0.2, -0.15) is 0 Å².